The minimum absolute atomic E-state index is 0.241. The molecule has 0 saturated carbocycles. The molecule has 1 amide bonds. The second-order valence-electron chi connectivity index (χ2n) is 4.14. The van der Waals surface area contributed by atoms with Crippen molar-refractivity contribution >= 4 is 23.5 Å². The van der Waals surface area contributed by atoms with Crippen molar-refractivity contribution in [2.45, 2.75) is 19.9 Å². The van der Waals surface area contributed by atoms with Crippen LogP contribution in [0.5, 0.6) is 11.5 Å². The Hall–Kier alpha value is -1.95. The number of hydrogen-bond donors (Lipinski definition) is 1. The van der Waals surface area contributed by atoms with E-state index in [1.807, 2.05) is 0 Å². The van der Waals surface area contributed by atoms with E-state index in [-0.39, 0.29) is 17.2 Å². The third-order valence-corrected chi connectivity index (χ3v) is 2.96. The molecule has 0 aromatic heterocycles. The van der Waals surface area contributed by atoms with Crippen LogP contribution in [0.15, 0.2) is 12.1 Å². The van der Waals surface area contributed by atoms with Gasteiger partial charge in [0.2, 0.25) is 0 Å². The Morgan fingerprint density at radius 2 is 1.95 bits per heavy atom. The van der Waals surface area contributed by atoms with Crippen LogP contribution in [0.25, 0.3) is 0 Å². The number of benzene rings is 1. The highest BCUT2D eigenvalue weighted by atomic mass is 35.5. The van der Waals surface area contributed by atoms with Crippen molar-refractivity contribution in [2.24, 2.45) is 0 Å². The van der Waals surface area contributed by atoms with Gasteiger partial charge in [-0.2, -0.15) is 0 Å². The first-order valence-electron chi connectivity index (χ1n) is 6.33. The smallest absolute Gasteiger partial charge is 0.328 e. The summed E-state index contributed by atoms with van der Waals surface area (Å²) in [5.74, 6) is -0.288. The lowest BCUT2D eigenvalue weighted by atomic mass is 10.1. The zero-order chi connectivity index (χ0) is 16.0. The molecular weight excluding hydrogens is 298 g/mol. The van der Waals surface area contributed by atoms with Gasteiger partial charge in [0.25, 0.3) is 5.91 Å². The Morgan fingerprint density at radius 1 is 1.29 bits per heavy atom. The lowest BCUT2D eigenvalue weighted by Crippen LogP contribution is -2.39. The van der Waals surface area contributed by atoms with E-state index in [2.05, 4.69) is 5.32 Å². The second kappa shape index (κ2) is 7.73. The predicted molar refractivity (Wildman–Crippen MR) is 78.1 cm³/mol. The molecule has 0 bridgehead atoms. The molecule has 0 fully saturated rings. The molecule has 0 aliphatic heterocycles. The van der Waals surface area contributed by atoms with E-state index in [9.17, 15) is 9.59 Å². The fourth-order valence-corrected chi connectivity index (χ4v) is 1.94. The molecule has 1 aromatic rings. The summed E-state index contributed by atoms with van der Waals surface area (Å²) >= 11 is 6.03. The number of hydrogen-bond acceptors (Lipinski definition) is 5. The van der Waals surface area contributed by atoms with Gasteiger partial charge in [0.05, 0.1) is 25.8 Å². The number of amides is 1. The van der Waals surface area contributed by atoms with E-state index in [1.54, 1.807) is 6.92 Å². The highest BCUT2D eigenvalue weighted by Crippen LogP contribution is 2.35. The first-order chi connectivity index (χ1) is 9.94. The highest BCUT2D eigenvalue weighted by molar-refractivity contribution is 6.32. The quantitative estimate of drug-likeness (QED) is 0.813. The first kappa shape index (κ1) is 17.1. The molecule has 1 unspecified atom stereocenters. The number of rotatable bonds is 6. The summed E-state index contributed by atoms with van der Waals surface area (Å²) in [4.78, 5) is 23.6. The Bertz CT molecular complexity index is 532. The average Bonchev–Trinajstić information content (AvgIpc) is 2.46. The SMILES string of the molecule is CCOC(=O)C(C)NC(=O)c1cc(Cl)c(OC)c(OC)c1. The summed E-state index contributed by atoms with van der Waals surface area (Å²) in [5, 5.41) is 2.77. The van der Waals surface area contributed by atoms with E-state index in [0.29, 0.717) is 11.5 Å². The van der Waals surface area contributed by atoms with Crippen molar-refractivity contribution in [2.75, 3.05) is 20.8 Å². The van der Waals surface area contributed by atoms with E-state index < -0.39 is 17.9 Å². The molecule has 1 atom stereocenters. The normalized spacial score (nSPS) is 11.5. The van der Waals surface area contributed by atoms with E-state index in [0.717, 1.165) is 0 Å². The van der Waals surface area contributed by atoms with Crippen LogP contribution < -0.4 is 14.8 Å². The van der Waals surface area contributed by atoms with Crippen molar-refractivity contribution in [1.29, 1.82) is 0 Å². The number of methoxy groups -OCH3 is 2. The highest BCUT2D eigenvalue weighted by Gasteiger charge is 2.20. The first-order valence-corrected chi connectivity index (χ1v) is 6.71. The second-order valence-corrected chi connectivity index (χ2v) is 4.55. The van der Waals surface area contributed by atoms with Crippen molar-refractivity contribution in [1.82, 2.24) is 5.32 Å². The largest absolute Gasteiger partial charge is 0.493 e. The summed E-state index contributed by atoms with van der Waals surface area (Å²) in [6, 6.07) is 2.16. The lowest BCUT2D eigenvalue weighted by Gasteiger charge is -2.14. The molecule has 6 nitrogen and oxygen atoms in total. The van der Waals surface area contributed by atoms with Crippen molar-refractivity contribution in [3.8, 4) is 11.5 Å². The number of carbonyl (C=O) groups excluding carboxylic acids is 2. The molecule has 1 aromatic carbocycles. The van der Waals surface area contributed by atoms with Crippen LogP contribution in [-0.2, 0) is 9.53 Å². The molecule has 0 heterocycles. The third kappa shape index (κ3) is 4.26. The number of nitrogens with one attached hydrogen (secondary N) is 1. The summed E-state index contributed by atoms with van der Waals surface area (Å²) in [6.45, 7) is 3.49. The van der Waals surface area contributed by atoms with Crippen LogP contribution in [0.1, 0.15) is 24.2 Å². The number of carbonyl (C=O) groups is 2. The molecule has 0 aliphatic carbocycles. The molecule has 0 saturated heterocycles. The fraction of sp³-hybridized carbons (Fsp3) is 0.429. The van der Waals surface area contributed by atoms with Crippen LogP contribution in [0.2, 0.25) is 5.02 Å². The minimum Gasteiger partial charge on any atom is -0.493 e. The van der Waals surface area contributed by atoms with Gasteiger partial charge in [-0.05, 0) is 26.0 Å². The molecule has 0 spiro atoms. The van der Waals surface area contributed by atoms with E-state index >= 15 is 0 Å². The maximum absolute atomic E-state index is 12.1. The van der Waals surface area contributed by atoms with Gasteiger partial charge in [-0.25, -0.2) is 4.79 Å². The van der Waals surface area contributed by atoms with Gasteiger partial charge < -0.3 is 19.5 Å². The number of ether oxygens (including phenoxy) is 3. The summed E-state index contributed by atoms with van der Waals surface area (Å²) < 4.78 is 15.0. The monoisotopic (exact) mass is 315 g/mol. The summed E-state index contributed by atoms with van der Waals surface area (Å²) in [7, 11) is 2.89. The fourth-order valence-electron chi connectivity index (χ4n) is 1.66. The van der Waals surface area contributed by atoms with Crippen molar-refractivity contribution < 1.29 is 23.8 Å². The van der Waals surface area contributed by atoms with Gasteiger partial charge in [0.15, 0.2) is 11.5 Å². The Labute approximate surface area is 128 Å². The van der Waals surface area contributed by atoms with E-state index in [1.165, 1.54) is 33.3 Å². The summed E-state index contributed by atoms with van der Waals surface area (Å²) in [6.07, 6.45) is 0. The molecule has 21 heavy (non-hydrogen) atoms. The number of esters is 1. The standard InChI is InChI=1S/C14H18ClNO5/c1-5-21-14(18)8(2)16-13(17)9-6-10(15)12(20-4)11(7-9)19-3/h6-8H,5H2,1-4H3,(H,16,17). The van der Waals surface area contributed by atoms with Gasteiger partial charge in [-0.1, -0.05) is 11.6 Å². The molecule has 116 valence electrons. The molecule has 7 heteroatoms. The number of halogens is 1. The van der Waals surface area contributed by atoms with Crippen LogP contribution in [0.3, 0.4) is 0 Å². The van der Waals surface area contributed by atoms with E-state index in [4.69, 9.17) is 25.8 Å². The zero-order valence-electron chi connectivity index (χ0n) is 12.4. The lowest BCUT2D eigenvalue weighted by molar-refractivity contribution is -0.144. The molecule has 0 aliphatic rings. The Balaban J connectivity index is 2.93. The van der Waals surface area contributed by atoms with Gasteiger partial charge in [-0.3, -0.25) is 4.79 Å². The maximum Gasteiger partial charge on any atom is 0.328 e. The van der Waals surface area contributed by atoms with Crippen LogP contribution >= 0.6 is 11.6 Å². The van der Waals surface area contributed by atoms with Gasteiger partial charge in [0, 0.05) is 5.56 Å². The molecular formula is C14H18ClNO5. The maximum atomic E-state index is 12.1. The van der Waals surface area contributed by atoms with Gasteiger partial charge in [0.1, 0.15) is 6.04 Å². The average molecular weight is 316 g/mol. The van der Waals surface area contributed by atoms with Crippen LogP contribution in [0.4, 0.5) is 0 Å². The van der Waals surface area contributed by atoms with Gasteiger partial charge >= 0.3 is 5.97 Å². The molecule has 0 radical (unpaired) electrons. The Morgan fingerprint density at radius 3 is 2.48 bits per heavy atom. The zero-order valence-corrected chi connectivity index (χ0v) is 13.1. The van der Waals surface area contributed by atoms with Crippen LogP contribution in [-0.4, -0.2) is 38.7 Å². The summed E-state index contributed by atoms with van der Waals surface area (Å²) in [5.41, 5.74) is 0.258. The Kier molecular flexibility index (Phi) is 6.30. The van der Waals surface area contributed by atoms with Crippen molar-refractivity contribution in [3.05, 3.63) is 22.7 Å². The van der Waals surface area contributed by atoms with Gasteiger partial charge in [-0.15, -0.1) is 0 Å². The topological polar surface area (TPSA) is 73.9 Å². The van der Waals surface area contributed by atoms with Crippen molar-refractivity contribution in [3.63, 3.8) is 0 Å². The predicted octanol–water partition coefficient (Wildman–Crippen LogP) is 2.04. The third-order valence-electron chi connectivity index (χ3n) is 2.68. The van der Waals surface area contributed by atoms with Crippen LogP contribution in [0, 0.1) is 0 Å². The minimum atomic E-state index is -0.760. The molecule has 1 rings (SSSR count). The molecule has 1 N–H and O–H groups in total.